The summed E-state index contributed by atoms with van der Waals surface area (Å²) in [5.41, 5.74) is 7.50. The lowest BCUT2D eigenvalue weighted by Crippen LogP contribution is -2.58. The number of carbonyl (C=O) groups is 4. The van der Waals surface area contributed by atoms with E-state index in [1.807, 2.05) is 48.5 Å². The second-order valence-corrected chi connectivity index (χ2v) is 7.32. The van der Waals surface area contributed by atoms with Crippen LogP contribution < -0.4 is 5.73 Å². The van der Waals surface area contributed by atoms with Crippen molar-refractivity contribution in [3.05, 3.63) is 59.7 Å². The van der Waals surface area contributed by atoms with Crippen LogP contribution in [0.2, 0.25) is 0 Å². The molecule has 0 radical (unpaired) electrons. The number of esters is 1. The number of carbonyl (C=O) groups excluding carboxylic acids is 3. The highest BCUT2D eigenvalue weighted by molar-refractivity contribution is 6.41. The Bertz CT molecular complexity index is 969. The minimum absolute atomic E-state index is 0.0968. The van der Waals surface area contributed by atoms with Crippen LogP contribution >= 0.6 is 0 Å². The molecule has 0 amide bonds. The summed E-state index contributed by atoms with van der Waals surface area (Å²) in [5, 5.41) is 9.11. The van der Waals surface area contributed by atoms with Crippen molar-refractivity contribution in [1.29, 1.82) is 0 Å². The second kappa shape index (κ2) is 8.59. The number of fused-ring (bicyclic) bond motifs is 3. The Hall–Kier alpha value is -3.32. The van der Waals surface area contributed by atoms with Crippen molar-refractivity contribution in [2.45, 2.75) is 37.6 Å². The van der Waals surface area contributed by atoms with Gasteiger partial charge in [0.05, 0.1) is 0 Å². The molecule has 3 rings (SSSR count). The van der Waals surface area contributed by atoms with E-state index in [4.69, 9.17) is 15.6 Å². The molecule has 7 heteroatoms. The van der Waals surface area contributed by atoms with Gasteiger partial charge in [0, 0.05) is 18.8 Å². The lowest BCUT2D eigenvalue weighted by atomic mass is 9.88. The van der Waals surface area contributed by atoms with Crippen molar-refractivity contribution >= 4 is 23.5 Å². The van der Waals surface area contributed by atoms with E-state index in [0.29, 0.717) is 0 Å². The Balaban J connectivity index is 1.82. The maximum absolute atomic E-state index is 12.7. The van der Waals surface area contributed by atoms with Gasteiger partial charge in [0.1, 0.15) is 12.4 Å². The number of nitrogens with two attached hydrogens (primary N) is 1. The highest BCUT2D eigenvalue weighted by Crippen LogP contribution is 2.44. The lowest BCUT2D eigenvalue weighted by Gasteiger charge is -2.25. The Kier molecular flexibility index (Phi) is 6.12. The molecular formula is C23H23NO6. The molecule has 0 heterocycles. The fraction of sp³-hybridized carbons (Fsp3) is 0.304. The SMILES string of the molecule is CCC(=O)CCC(N)(C(=O)OCC1c2ccccc2-c2ccccc21)C(=O)C(=O)O. The second-order valence-electron chi connectivity index (χ2n) is 7.32. The Morgan fingerprint density at radius 2 is 1.53 bits per heavy atom. The van der Waals surface area contributed by atoms with E-state index in [-0.39, 0.29) is 31.1 Å². The molecule has 0 fully saturated rings. The molecule has 2 aromatic rings. The van der Waals surface area contributed by atoms with E-state index >= 15 is 0 Å². The molecule has 30 heavy (non-hydrogen) atoms. The number of rotatable bonds is 9. The van der Waals surface area contributed by atoms with Crippen molar-refractivity contribution in [1.82, 2.24) is 0 Å². The standard InChI is InChI=1S/C23H23NO6/c1-2-14(25)11-12-23(24,20(26)21(27)28)22(29)30-13-19-17-9-5-3-7-15(17)16-8-4-6-10-18(16)19/h3-10,19H,2,11-13,24H2,1H3,(H,27,28). The van der Waals surface area contributed by atoms with Crippen LogP contribution in [0.1, 0.15) is 43.2 Å². The summed E-state index contributed by atoms with van der Waals surface area (Å²) in [6, 6.07) is 15.4. The molecule has 7 nitrogen and oxygen atoms in total. The number of carboxylic acids is 1. The molecule has 3 N–H and O–H groups in total. The Morgan fingerprint density at radius 3 is 2.03 bits per heavy atom. The van der Waals surface area contributed by atoms with Gasteiger partial charge in [0.15, 0.2) is 5.54 Å². The van der Waals surface area contributed by atoms with Crippen LogP contribution in [0.25, 0.3) is 11.1 Å². The van der Waals surface area contributed by atoms with E-state index in [1.165, 1.54) is 0 Å². The van der Waals surface area contributed by atoms with Gasteiger partial charge in [-0.1, -0.05) is 55.5 Å². The predicted octanol–water partition coefficient (Wildman–Crippen LogP) is 2.45. The Morgan fingerprint density at radius 1 is 1.00 bits per heavy atom. The summed E-state index contributed by atoms with van der Waals surface area (Å²) in [4.78, 5) is 47.8. The number of ether oxygens (including phenoxy) is 1. The van der Waals surface area contributed by atoms with Crippen LogP contribution in [-0.4, -0.2) is 40.8 Å². The first-order valence-corrected chi connectivity index (χ1v) is 9.73. The first kappa shape index (κ1) is 21.4. The number of hydrogen-bond acceptors (Lipinski definition) is 6. The zero-order valence-electron chi connectivity index (χ0n) is 16.6. The van der Waals surface area contributed by atoms with Crippen molar-refractivity contribution in [2.75, 3.05) is 6.61 Å². The van der Waals surface area contributed by atoms with E-state index < -0.39 is 29.7 Å². The molecule has 0 aliphatic heterocycles. The molecule has 1 unspecified atom stereocenters. The number of hydrogen-bond donors (Lipinski definition) is 2. The highest BCUT2D eigenvalue weighted by Gasteiger charge is 2.47. The van der Waals surface area contributed by atoms with E-state index in [0.717, 1.165) is 22.3 Å². The molecule has 0 saturated carbocycles. The van der Waals surface area contributed by atoms with Crippen molar-refractivity contribution < 1.29 is 29.0 Å². The van der Waals surface area contributed by atoms with E-state index in [1.54, 1.807) is 6.92 Å². The average Bonchev–Trinajstić information content (AvgIpc) is 3.08. The van der Waals surface area contributed by atoms with Gasteiger partial charge in [-0.3, -0.25) is 9.59 Å². The quantitative estimate of drug-likeness (QED) is 0.370. The van der Waals surface area contributed by atoms with Gasteiger partial charge in [-0.15, -0.1) is 0 Å². The molecule has 2 aromatic carbocycles. The number of carboxylic acid groups (broad SMARTS) is 1. The third-order valence-electron chi connectivity index (χ3n) is 5.50. The minimum atomic E-state index is -2.41. The summed E-state index contributed by atoms with van der Waals surface area (Å²) < 4.78 is 5.38. The van der Waals surface area contributed by atoms with Gasteiger partial charge in [0.2, 0.25) is 0 Å². The third-order valence-corrected chi connectivity index (χ3v) is 5.50. The molecule has 0 aromatic heterocycles. The van der Waals surface area contributed by atoms with Crippen LogP contribution in [-0.2, 0) is 23.9 Å². The average molecular weight is 409 g/mol. The van der Waals surface area contributed by atoms with E-state index in [9.17, 15) is 19.2 Å². The van der Waals surface area contributed by atoms with Crippen LogP contribution in [0, 0.1) is 0 Å². The van der Waals surface area contributed by atoms with Crippen molar-refractivity contribution in [3.63, 3.8) is 0 Å². The van der Waals surface area contributed by atoms with E-state index in [2.05, 4.69) is 0 Å². The first-order valence-electron chi connectivity index (χ1n) is 9.73. The number of benzene rings is 2. The molecule has 1 aliphatic carbocycles. The number of Topliss-reactive ketones (excluding diaryl/α,β-unsaturated/α-hetero) is 2. The summed E-state index contributed by atoms with van der Waals surface area (Å²) in [6.07, 6.45) is -0.403. The summed E-state index contributed by atoms with van der Waals surface area (Å²) in [7, 11) is 0. The van der Waals surface area contributed by atoms with Crippen molar-refractivity contribution in [3.8, 4) is 11.1 Å². The number of ketones is 2. The molecule has 1 aliphatic rings. The number of aliphatic carboxylic acids is 1. The van der Waals surface area contributed by atoms with Crippen LogP contribution in [0.15, 0.2) is 48.5 Å². The third kappa shape index (κ3) is 3.89. The maximum Gasteiger partial charge on any atom is 0.374 e. The topological polar surface area (TPSA) is 124 Å². The fourth-order valence-electron chi connectivity index (χ4n) is 3.74. The summed E-state index contributed by atoms with van der Waals surface area (Å²) >= 11 is 0. The van der Waals surface area contributed by atoms with Gasteiger partial charge < -0.3 is 15.6 Å². The fourth-order valence-corrected chi connectivity index (χ4v) is 3.74. The minimum Gasteiger partial charge on any atom is -0.475 e. The van der Waals surface area contributed by atoms with Crippen LogP contribution in [0.3, 0.4) is 0 Å². The van der Waals surface area contributed by atoms with Gasteiger partial charge in [-0.05, 0) is 28.7 Å². The Labute approximate surface area is 173 Å². The zero-order chi connectivity index (χ0) is 21.9. The summed E-state index contributed by atoms with van der Waals surface area (Å²) in [6.45, 7) is 1.54. The van der Waals surface area contributed by atoms with Crippen LogP contribution in [0.4, 0.5) is 0 Å². The molecule has 1 atom stereocenters. The molecule has 156 valence electrons. The van der Waals surface area contributed by atoms with Crippen LogP contribution in [0.5, 0.6) is 0 Å². The smallest absolute Gasteiger partial charge is 0.374 e. The predicted molar refractivity (Wildman–Crippen MR) is 109 cm³/mol. The highest BCUT2D eigenvalue weighted by atomic mass is 16.5. The molecule has 0 bridgehead atoms. The largest absolute Gasteiger partial charge is 0.475 e. The molecule has 0 spiro atoms. The van der Waals surface area contributed by atoms with Gasteiger partial charge >= 0.3 is 11.9 Å². The summed E-state index contributed by atoms with van der Waals surface area (Å²) in [5.74, 6) is -4.95. The maximum atomic E-state index is 12.7. The lowest BCUT2D eigenvalue weighted by molar-refractivity contribution is -0.162. The first-order chi connectivity index (χ1) is 14.3. The van der Waals surface area contributed by atoms with Gasteiger partial charge in [-0.25, -0.2) is 9.59 Å². The normalized spacial score (nSPS) is 14.3. The molecule has 0 saturated heterocycles. The monoisotopic (exact) mass is 409 g/mol. The van der Waals surface area contributed by atoms with Gasteiger partial charge in [-0.2, -0.15) is 0 Å². The van der Waals surface area contributed by atoms with Gasteiger partial charge in [0.25, 0.3) is 5.78 Å². The van der Waals surface area contributed by atoms with Crippen molar-refractivity contribution in [2.24, 2.45) is 5.73 Å². The molecular weight excluding hydrogens is 386 g/mol. The zero-order valence-corrected chi connectivity index (χ0v) is 16.6.